The van der Waals surface area contributed by atoms with Crippen LogP contribution < -0.4 is 0 Å². The molecule has 0 bridgehead atoms. The largest absolute Gasteiger partial charge is 0.376 e. The quantitative estimate of drug-likeness (QED) is 0.537. The Morgan fingerprint density at radius 1 is 0.464 bits per heavy atom. The molecule has 6 nitrogen and oxygen atoms in total. The molecule has 0 saturated heterocycles. The van der Waals surface area contributed by atoms with Crippen LogP contribution in [0.3, 0.4) is 0 Å². The van der Waals surface area contributed by atoms with Gasteiger partial charge in [-0.2, -0.15) is 0 Å². The minimum Gasteiger partial charge on any atom is -0.376 e. The summed E-state index contributed by atoms with van der Waals surface area (Å²) >= 11 is 0. The lowest BCUT2D eigenvalue weighted by Gasteiger charge is -2.40. The van der Waals surface area contributed by atoms with Gasteiger partial charge in [0.15, 0.2) is 11.2 Å². The average Bonchev–Trinajstić information content (AvgIpc) is 3.19. The lowest BCUT2D eigenvalue weighted by molar-refractivity contribution is -0.108. The number of rotatable bonds is 1. The maximum absolute atomic E-state index is 12.3. The summed E-state index contributed by atoms with van der Waals surface area (Å²) in [4.78, 5) is 17.8. The van der Waals surface area contributed by atoms with E-state index in [4.69, 9.17) is 0 Å². The standard InChI is InChI=1S/C22H14N4O2/c27-21(13-5-1-9-23-17(13)18-14(21)6-2-10-24-18)22(28)15-7-3-11-25-19(15)20-16(22)8-4-12-26-20/h1-12,27-28H. The molecule has 28 heavy (non-hydrogen) atoms. The second kappa shape index (κ2) is 5.07. The second-order valence-corrected chi connectivity index (χ2v) is 7.02. The molecule has 4 aromatic heterocycles. The number of fused-ring (bicyclic) bond motifs is 6. The van der Waals surface area contributed by atoms with E-state index < -0.39 is 11.2 Å². The molecular formula is C22H14N4O2. The second-order valence-electron chi connectivity index (χ2n) is 7.02. The first-order valence-corrected chi connectivity index (χ1v) is 8.95. The minimum absolute atomic E-state index is 0.512. The molecule has 0 fully saturated rings. The third-order valence-electron chi connectivity index (χ3n) is 5.76. The van der Waals surface area contributed by atoms with Crippen molar-refractivity contribution < 1.29 is 10.2 Å². The molecule has 2 N–H and O–H groups in total. The Bertz CT molecular complexity index is 1080. The molecular weight excluding hydrogens is 352 g/mol. The topological polar surface area (TPSA) is 92.0 Å². The zero-order chi connectivity index (χ0) is 18.9. The van der Waals surface area contributed by atoms with Crippen molar-refractivity contribution >= 4 is 0 Å². The number of hydrogen-bond donors (Lipinski definition) is 2. The smallest absolute Gasteiger partial charge is 0.156 e. The SMILES string of the molecule is OC1(C2(O)c3cccnc3-c3ncccc32)c2cccnc2-c2ncccc21. The van der Waals surface area contributed by atoms with Crippen molar-refractivity contribution in [2.24, 2.45) is 0 Å². The van der Waals surface area contributed by atoms with E-state index in [-0.39, 0.29) is 0 Å². The van der Waals surface area contributed by atoms with Gasteiger partial charge in [-0.25, -0.2) is 0 Å². The van der Waals surface area contributed by atoms with E-state index in [0.29, 0.717) is 45.0 Å². The molecule has 0 aromatic carbocycles. The van der Waals surface area contributed by atoms with E-state index in [1.165, 1.54) is 0 Å². The maximum Gasteiger partial charge on any atom is 0.156 e. The molecule has 0 spiro atoms. The van der Waals surface area contributed by atoms with Gasteiger partial charge in [-0.15, -0.1) is 0 Å². The fourth-order valence-electron chi connectivity index (χ4n) is 4.61. The number of aliphatic hydroxyl groups is 2. The fourth-order valence-corrected chi connectivity index (χ4v) is 4.61. The van der Waals surface area contributed by atoms with Gasteiger partial charge in [0.05, 0.1) is 22.8 Å². The van der Waals surface area contributed by atoms with Gasteiger partial charge in [-0.3, -0.25) is 19.9 Å². The van der Waals surface area contributed by atoms with Gasteiger partial charge in [0, 0.05) is 47.0 Å². The summed E-state index contributed by atoms with van der Waals surface area (Å²) in [6.07, 6.45) is 6.64. The third-order valence-corrected chi connectivity index (χ3v) is 5.76. The van der Waals surface area contributed by atoms with Crippen molar-refractivity contribution in [3.05, 3.63) is 95.6 Å². The number of nitrogens with zero attached hydrogens (tertiary/aromatic N) is 4. The van der Waals surface area contributed by atoms with Crippen LogP contribution >= 0.6 is 0 Å². The summed E-state index contributed by atoms with van der Waals surface area (Å²) in [5.41, 5.74) is 0.742. The van der Waals surface area contributed by atoms with Crippen molar-refractivity contribution in [3.8, 4) is 22.8 Å². The monoisotopic (exact) mass is 366 g/mol. The van der Waals surface area contributed by atoms with Crippen LogP contribution in [-0.2, 0) is 11.2 Å². The molecule has 2 aliphatic carbocycles. The van der Waals surface area contributed by atoms with Crippen LogP contribution in [0, 0.1) is 0 Å². The molecule has 6 rings (SSSR count). The predicted molar refractivity (Wildman–Crippen MR) is 101 cm³/mol. The maximum atomic E-state index is 12.3. The van der Waals surface area contributed by atoms with Crippen molar-refractivity contribution in [2.75, 3.05) is 0 Å². The highest BCUT2D eigenvalue weighted by Crippen LogP contribution is 2.60. The van der Waals surface area contributed by atoms with Crippen LogP contribution in [0.1, 0.15) is 22.3 Å². The van der Waals surface area contributed by atoms with Gasteiger partial charge in [0.25, 0.3) is 0 Å². The van der Waals surface area contributed by atoms with Crippen LogP contribution in [0.25, 0.3) is 22.8 Å². The fraction of sp³-hybridized carbons (Fsp3) is 0.0909. The molecule has 0 radical (unpaired) electrons. The summed E-state index contributed by atoms with van der Waals surface area (Å²) in [6, 6.07) is 14.1. The normalized spacial score (nSPS) is 16.8. The Morgan fingerprint density at radius 3 is 0.964 bits per heavy atom. The summed E-state index contributed by atoms with van der Waals surface area (Å²) in [5.74, 6) is 0. The molecule has 6 heteroatoms. The first-order valence-electron chi connectivity index (χ1n) is 8.95. The molecule has 0 atom stereocenters. The molecule has 134 valence electrons. The number of aromatic nitrogens is 4. The highest BCUT2D eigenvalue weighted by Gasteiger charge is 2.63. The van der Waals surface area contributed by atoms with Crippen molar-refractivity contribution in [1.82, 2.24) is 19.9 Å². The van der Waals surface area contributed by atoms with Crippen LogP contribution in [0.5, 0.6) is 0 Å². The third kappa shape index (κ3) is 1.57. The van der Waals surface area contributed by atoms with Gasteiger partial charge >= 0.3 is 0 Å². The molecule has 0 unspecified atom stereocenters. The molecule has 2 aliphatic rings. The highest BCUT2D eigenvalue weighted by molar-refractivity contribution is 5.81. The molecule has 0 aliphatic heterocycles. The lowest BCUT2D eigenvalue weighted by atomic mass is 9.71. The Kier molecular flexibility index (Phi) is 2.82. The molecule has 4 aromatic rings. The number of hydrogen-bond acceptors (Lipinski definition) is 6. The van der Waals surface area contributed by atoms with Crippen molar-refractivity contribution in [3.63, 3.8) is 0 Å². The minimum atomic E-state index is -1.79. The van der Waals surface area contributed by atoms with Gasteiger partial charge in [0.1, 0.15) is 0 Å². The first-order chi connectivity index (χ1) is 13.7. The van der Waals surface area contributed by atoms with E-state index in [0.717, 1.165) is 0 Å². The van der Waals surface area contributed by atoms with Crippen LogP contribution in [0.15, 0.2) is 73.3 Å². The van der Waals surface area contributed by atoms with Crippen molar-refractivity contribution in [2.45, 2.75) is 11.2 Å². The molecule has 0 saturated carbocycles. The Morgan fingerprint density at radius 2 is 0.714 bits per heavy atom. The highest BCUT2D eigenvalue weighted by atomic mass is 16.4. The molecule has 0 amide bonds. The zero-order valence-electron chi connectivity index (χ0n) is 14.6. The van der Waals surface area contributed by atoms with Gasteiger partial charge in [0.2, 0.25) is 0 Å². The van der Waals surface area contributed by atoms with Crippen LogP contribution in [-0.4, -0.2) is 30.1 Å². The van der Waals surface area contributed by atoms with Crippen molar-refractivity contribution in [1.29, 1.82) is 0 Å². The summed E-state index contributed by atoms with van der Waals surface area (Å²) in [5, 5.41) is 24.5. The lowest BCUT2D eigenvalue weighted by Crippen LogP contribution is -2.49. The Hall–Kier alpha value is -3.48. The Labute approximate surface area is 160 Å². The summed E-state index contributed by atoms with van der Waals surface area (Å²) in [7, 11) is 0. The first kappa shape index (κ1) is 15.6. The van der Waals surface area contributed by atoms with E-state index >= 15 is 0 Å². The van der Waals surface area contributed by atoms with Crippen LogP contribution in [0.2, 0.25) is 0 Å². The molecule has 4 heterocycles. The van der Waals surface area contributed by atoms with E-state index in [9.17, 15) is 10.2 Å². The average molecular weight is 366 g/mol. The van der Waals surface area contributed by atoms with Gasteiger partial charge < -0.3 is 10.2 Å². The summed E-state index contributed by atoms with van der Waals surface area (Å²) < 4.78 is 0. The predicted octanol–water partition coefficient (Wildman–Crippen LogP) is 2.40. The van der Waals surface area contributed by atoms with Crippen LogP contribution in [0.4, 0.5) is 0 Å². The summed E-state index contributed by atoms with van der Waals surface area (Å²) in [6.45, 7) is 0. The van der Waals surface area contributed by atoms with E-state index in [1.807, 2.05) is 0 Å². The zero-order valence-corrected chi connectivity index (χ0v) is 14.6. The Balaban J connectivity index is 1.78. The van der Waals surface area contributed by atoms with E-state index in [2.05, 4.69) is 19.9 Å². The van der Waals surface area contributed by atoms with Gasteiger partial charge in [-0.05, 0) is 24.3 Å². The number of pyridine rings is 4. The van der Waals surface area contributed by atoms with Gasteiger partial charge in [-0.1, -0.05) is 24.3 Å². The van der Waals surface area contributed by atoms with E-state index in [1.54, 1.807) is 73.3 Å².